The molecule has 2 heterocycles. The van der Waals surface area contributed by atoms with Crippen molar-refractivity contribution in [2.75, 3.05) is 14.2 Å². The molecule has 0 spiro atoms. The van der Waals surface area contributed by atoms with Crippen LogP contribution in [0.1, 0.15) is 21.6 Å². The molecule has 1 aromatic carbocycles. The first-order valence-corrected chi connectivity index (χ1v) is 7.81. The maximum Gasteiger partial charge on any atom is 0.338 e. The number of nitrogens with zero attached hydrogens (tertiary/aromatic N) is 4. The predicted octanol–water partition coefficient (Wildman–Crippen LogP) is 4.08. The maximum atomic E-state index is 11.6. The Kier molecular flexibility index (Phi) is 4.57. The van der Waals surface area contributed by atoms with Gasteiger partial charge in [0.15, 0.2) is 17.3 Å². The molecule has 8 nitrogen and oxygen atoms in total. The van der Waals surface area contributed by atoms with E-state index >= 15 is 0 Å². The Morgan fingerprint density at radius 3 is 2.46 bits per heavy atom. The molecule has 2 aromatic heterocycles. The number of carbonyl (C=O) groups is 1. The highest BCUT2D eigenvalue weighted by atomic mass is 16.5. The molecule has 0 saturated carbocycles. The highest BCUT2D eigenvalue weighted by Gasteiger charge is 2.17. The van der Waals surface area contributed by atoms with Crippen molar-refractivity contribution < 1.29 is 19.4 Å². The Labute approximate surface area is 149 Å². The molecule has 0 atom stereocenters. The molecule has 0 amide bonds. The van der Waals surface area contributed by atoms with Gasteiger partial charge in [-0.25, -0.2) is 9.78 Å². The fourth-order valence-corrected chi connectivity index (χ4v) is 2.60. The zero-order chi connectivity index (χ0) is 18.8. The summed E-state index contributed by atoms with van der Waals surface area (Å²) in [5.41, 5.74) is 2.61. The molecule has 0 aliphatic heterocycles. The average Bonchev–Trinajstić information content (AvgIpc) is 2.93. The van der Waals surface area contributed by atoms with E-state index in [1.165, 1.54) is 26.4 Å². The Bertz CT molecular complexity index is 1020. The van der Waals surface area contributed by atoms with Crippen LogP contribution in [0.5, 0.6) is 11.5 Å². The summed E-state index contributed by atoms with van der Waals surface area (Å²) in [6, 6.07) is 6.69. The summed E-state index contributed by atoms with van der Waals surface area (Å²) in [6.45, 7) is 3.79. The van der Waals surface area contributed by atoms with E-state index in [0.29, 0.717) is 23.0 Å². The van der Waals surface area contributed by atoms with Crippen molar-refractivity contribution in [1.29, 1.82) is 0 Å². The number of hydrogen-bond acceptors (Lipinski definition) is 6. The van der Waals surface area contributed by atoms with Crippen LogP contribution in [0, 0.1) is 13.8 Å². The van der Waals surface area contributed by atoms with Crippen LogP contribution in [0.3, 0.4) is 0 Å². The second-order valence-electron chi connectivity index (χ2n) is 5.68. The van der Waals surface area contributed by atoms with Gasteiger partial charge in [0, 0.05) is 18.3 Å². The fraction of sp³-hybridized carbons (Fsp3) is 0.222. The van der Waals surface area contributed by atoms with Crippen LogP contribution in [0.4, 0.5) is 11.5 Å². The highest BCUT2D eigenvalue weighted by Crippen LogP contribution is 2.36. The third-order valence-corrected chi connectivity index (χ3v) is 3.89. The van der Waals surface area contributed by atoms with Crippen LogP contribution in [0.15, 0.2) is 40.7 Å². The minimum atomic E-state index is -1.13. The largest absolute Gasteiger partial charge is 0.493 e. The van der Waals surface area contributed by atoms with E-state index in [0.717, 1.165) is 11.2 Å². The average molecular weight is 354 g/mol. The molecule has 0 unspecified atom stereocenters. The molecule has 0 saturated heterocycles. The minimum Gasteiger partial charge on any atom is -0.493 e. The molecular weight excluding hydrogens is 336 g/mol. The van der Waals surface area contributed by atoms with E-state index < -0.39 is 5.97 Å². The number of fused-ring (bicyclic) bond motifs is 1. The second-order valence-corrected chi connectivity index (χ2v) is 5.68. The van der Waals surface area contributed by atoms with E-state index in [2.05, 4.69) is 15.2 Å². The maximum absolute atomic E-state index is 11.6. The van der Waals surface area contributed by atoms with Gasteiger partial charge in [0.05, 0.1) is 25.5 Å². The molecule has 1 N–H and O–H groups in total. The number of hydrogen-bond donors (Lipinski definition) is 1. The van der Waals surface area contributed by atoms with Gasteiger partial charge in [-0.05, 0) is 25.5 Å². The summed E-state index contributed by atoms with van der Waals surface area (Å²) in [7, 11) is 2.91. The van der Waals surface area contributed by atoms with Crippen molar-refractivity contribution in [3.63, 3.8) is 0 Å². The molecule has 3 rings (SSSR count). The summed E-state index contributed by atoms with van der Waals surface area (Å²) in [5, 5.41) is 17.8. The Hall–Kier alpha value is -3.42. The molecule has 26 heavy (non-hydrogen) atoms. The molecule has 0 radical (unpaired) electrons. The lowest BCUT2D eigenvalue weighted by Gasteiger charge is -2.09. The summed E-state index contributed by atoms with van der Waals surface area (Å²) < 4.78 is 12.2. The first-order chi connectivity index (χ1) is 12.4. The molecule has 8 heteroatoms. The first kappa shape index (κ1) is 17.4. The number of benzene rings is 1. The third-order valence-electron chi connectivity index (χ3n) is 3.89. The van der Waals surface area contributed by atoms with Crippen LogP contribution >= 0.6 is 0 Å². The lowest BCUT2D eigenvalue weighted by Crippen LogP contribution is -1.99. The number of ether oxygens (including phenoxy) is 2. The van der Waals surface area contributed by atoms with Crippen molar-refractivity contribution >= 4 is 23.1 Å². The Balaban J connectivity index is 2.12. The molecule has 0 fully saturated rings. The van der Waals surface area contributed by atoms with Crippen molar-refractivity contribution in [3.05, 3.63) is 47.3 Å². The topological polar surface area (TPSA) is 97.8 Å². The Morgan fingerprint density at radius 1 is 1.12 bits per heavy atom. The van der Waals surface area contributed by atoms with Crippen LogP contribution in [-0.2, 0) is 0 Å². The van der Waals surface area contributed by atoms with Crippen LogP contribution in [0.2, 0.25) is 0 Å². The zero-order valence-electron chi connectivity index (χ0n) is 14.8. The highest BCUT2D eigenvalue weighted by molar-refractivity contribution is 5.94. The summed E-state index contributed by atoms with van der Waals surface area (Å²) in [6.07, 6.45) is 1.90. The molecular formula is C18H18N4O4. The number of pyridine rings is 1. The summed E-state index contributed by atoms with van der Waals surface area (Å²) in [4.78, 5) is 16.0. The summed E-state index contributed by atoms with van der Waals surface area (Å²) in [5.74, 6) is 0.0862. The number of aromatic nitrogens is 2. The van der Waals surface area contributed by atoms with Crippen molar-refractivity contribution in [2.24, 2.45) is 10.2 Å². The third kappa shape index (κ3) is 3.08. The van der Waals surface area contributed by atoms with Gasteiger partial charge in [0.2, 0.25) is 0 Å². The van der Waals surface area contributed by atoms with Crippen molar-refractivity contribution in [3.8, 4) is 11.5 Å². The molecule has 0 bridgehead atoms. The van der Waals surface area contributed by atoms with Crippen molar-refractivity contribution in [1.82, 2.24) is 9.38 Å². The predicted molar refractivity (Wildman–Crippen MR) is 95.3 cm³/mol. The Morgan fingerprint density at radius 2 is 1.81 bits per heavy atom. The van der Waals surface area contributed by atoms with Gasteiger partial charge in [0.1, 0.15) is 11.3 Å². The molecule has 3 aromatic rings. The molecule has 0 aliphatic rings. The monoisotopic (exact) mass is 354 g/mol. The van der Waals surface area contributed by atoms with E-state index in [1.54, 1.807) is 0 Å². The van der Waals surface area contributed by atoms with Crippen LogP contribution in [0.25, 0.3) is 5.65 Å². The van der Waals surface area contributed by atoms with Crippen LogP contribution in [-0.4, -0.2) is 34.7 Å². The number of azo groups is 1. The van der Waals surface area contributed by atoms with Gasteiger partial charge in [-0.2, -0.15) is 0 Å². The minimum absolute atomic E-state index is 0.0333. The standard InChI is InChI=1S/C18H18N4O4/c1-10-5-6-16-19-11(2)17(22(16)9-10)21-20-13-8-15(26-4)14(25-3)7-12(13)18(23)24/h5-9H,1-4H3,(H,23,24). The van der Waals surface area contributed by atoms with E-state index in [-0.39, 0.29) is 11.3 Å². The van der Waals surface area contributed by atoms with Gasteiger partial charge in [-0.15, -0.1) is 10.2 Å². The quantitative estimate of drug-likeness (QED) is 0.696. The fourth-order valence-electron chi connectivity index (χ4n) is 2.60. The van der Waals surface area contributed by atoms with E-state index in [4.69, 9.17) is 9.47 Å². The molecule has 134 valence electrons. The number of aromatic carboxylic acids is 1. The van der Waals surface area contributed by atoms with Gasteiger partial charge in [0.25, 0.3) is 0 Å². The number of carboxylic acids is 1. The lowest BCUT2D eigenvalue weighted by molar-refractivity contribution is 0.0697. The first-order valence-electron chi connectivity index (χ1n) is 7.81. The van der Waals surface area contributed by atoms with Crippen molar-refractivity contribution in [2.45, 2.75) is 13.8 Å². The number of methoxy groups -OCH3 is 2. The smallest absolute Gasteiger partial charge is 0.338 e. The number of aryl methyl sites for hydroxylation is 2. The SMILES string of the molecule is COc1cc(N=Nc2c(C)nc3ccc(C)cn23)c(C(=O)O)cc1OC. The van der Waals surface area contributed by atoms with Gasteiger partial charge >= 0.3 is 5.97 Å². The van der Waals surface area contributed by atoms with Gasteiger partial charge in [-0.1, -0.05) is 6.07 Å². The van der Waals surface area contributed by atoms with Gasteiger partial charge in [-0.3, -0.25) is 4.40 Å². The van der Waals surface area contributed by atoms with E-state index in [9.17, 15) is 9.90 Å². The summed E-state index contributed by atoms with van der Waals surface area (Å²) >= 11 is 0. The number of rotatable bonds is 5. The second kappa shape index (κ2) is 6.83. The molecule has 0 aliphatic carbocycles. The number of imidazole rings is 1. The van der Waals surface area contributed by atoms with E-state index in [1.807, 2.05) is 36.6 Å². The number of carboxylic acid groups (broad SMARTS) is 1. The van der Waals surface area contributed by atoms with Gasteiger partial charge < -0.3 is 14.6 Å². The van der Waals surface area contributed by atoms with Crippen LogP contribution < -0.4 is 9.47 Å². The lowest BCUT2D eigenvalue weighted by atomic mass is 10.1. The normalized spacial score (nSPS) is 11.2. The zero-order valence-corrected chi connectivity index (χ0v) is 14.8.